The van der Waals surface area contributed by atoms with Gasteiger partial charge in [-0.25, -0.2) is 22.7 Å². The first-order chi connectivity index (χ1) is 25.5. The van der Waals surface area contributed by atoms with E-state index in [1.165, 1.54) is 13.0 Å². The molecule has 18 heteroatoms. The number of nitrogens with zero attached hydrogens (tertiary/aromatic N) is 2. The molecule has 0 saturated heterocycles. The first-order valence-electron chi connectivity index (χ1n) is 17.3. The van der Waals surface area contributed by atoms with Crippen molar-refractivity contribution in [3.8, 4) is 0 Å². The van der Waals surface area contributed by atoms with Gasteiger partial charge in [-0.2, -0.15) is 0 Å². The Hall–Kier alpha value is -4.13. The maximum atomic E-state index is 13.9. The SMILES string of the molecule is COC(=O)[C@H](CSC1=C(SC[C@H](CC(=O)OC(C)(C)C)C(C)=O)C(=O)N(CCNS(=O)(=O)c2cccc3c(N(C)C)cccc23)C1=O)NC(=O)OC(C)(C)C. The van der Waals surface area contributed by atoms with E-state index in [0.29, 0.717) is 5.39 Å². The van der Waals surface area contributed by atoms with E-state index in [2.05, 4.69) is 10.0 Å². The fraction of sp³-hybridized carbons (Fsp3) is 0.514. The van der Waals surface area contributed by atoms with Gasteiger partial charge in [-0.15, -0.1) is 23.5 Å². The summed E-state index contributed by atoms with van der Waals surface area (Å²) in [6.45, 7) is 10.6. The minimum Gasteiger partial charge on any atom is -0.467 e. The molecule has 2 aromatic carbocycles. The molecule has 0 aliphatic carbocycles. The number of hydrogen-bond acceptors (Lipinski definition) is 14. The second-order valence-corrected chi connectivity index (χ2v) is 18.6. The van der Waals surface area contributed by atoms with Crippen LogP contribution in [0.15, 0.2) is 51.1 Å². The van der Waals surface area contributed by atoms with Crippen molar-refractivity contribution < 1.29 is 51.4 Å². The molecule has 0 fully saturated rings. The standard InChI is InChI=1S/C37H50N4O11S3/c1-22(42)23(19-29(43)51-36(2,3)4)20-53-30-31(54-21-26(34(46)50-10)39-35(47)52-37(5,6)7)33(45)41(32(30)44)18-17-38-55(48,49)28-16-12-13-24-25(28)14-11-15-27(24)40(8)9/h11-16,23,26,38H,17-21H2,1-10H3,(H,39,47)/t23-,26-/m0/s1. The molecular formula is C37H50N4O11S3. The third kappa shape index (κ3) is 12.7. The molecule has 55 heavy (non-hydrogen) atoms. The zero-order valence-electron chi connectivity index (χ0n) is 32.8. The maximum absolute atomic E-state index is 13.9. The van der Waals surface area contributed by atoms with E-state index >= 15 is 0 Å². The van der Waals surface area contributed by atoms with E-state index in [1.54, 1.807) is 59.7 Å². The zero-order chi connectivity index (χ0) is 41.5. The number of amides is 3. The van der Waals surface area contributed by atoms with Crippen molar-refractivity contribution in [2.45, 2.75) is 77.0 Å². The third-order valence-corrected chi connectivity index (χ3v) is 11.8. The number of imide groups is 1. The lowest BCUT2D eigenvalue weighted by molar-refractivity contribution is -0.156. The van der Waals surface area contributed by atoms with Gasteiger partial charge in [0.15, 0.2) is 0 Å². The predicted octanol–water partition coefficient (Wildman–Crippen LogP) is 4.23. The van der Waals surface area contributed by atoms with Gasteiger partial charge in [-0.3, -0.25) is 24.1 Å². The van der Waals surface area contributed by atoms with Crippen LogP contribution in [0.4, 0.5) is 10.5 Å². The van der Waals surface area contributed by atoms with Gasteiger partial charge in [-0.05, 0) is 60.6 Å². The molecule has 1 aliphatic heterocycles. The number of sulfonamides is 1. The number of rotatable bonds is 17. The topological polar surface area (TPSA) is 195 Å². The van der Waals surface area contributed by atoms with E-state index in [-0.39, 0.29) is 51.5 Å². The number of thioether (sulfide) groups is 2. The van der Waals surface area contributed by atoms with Crippen LogP contribution in [0.2, 0.25) is 0 Å². The largest absolute Gasteiger partial charge is 0.467 e. The molecule has 2 aromatic rings. The molecule has 3 rings (SSSR count). The number of methoxy groups -OCH3 is 1. The van der Waals surface area contributed by atoms with Crippen LogP contribution in [-0.4, -0.2) is 112 Å². The van der Waals surface area contributed by atoms with Crippen LogP contribution in [-0.2, 0) is 48.2 Å². The van der Waals surface area contributed by atoms with Gasteiger partial charge < -0.3 is 24.4 Å². The Balaban J connectivity index is 1.88. The first kappa shape index (κ1) is 45.3. The van der Waals surface area contributed by atoms with Gasteiger partial charge in [0.2, 0.25) is 10.0 Å². The molecule has 3 amide bonds. The summed E-state index contributed by atoms with van der Waals surface area (Å²) in [6.07, 6.45) is -1.18. The average molecular weight is 823 g/mol. The van der Waals surface area contributed by atoms with E-state index < -0.39 is 63.0 Å². The van der Waals surface area contributed by atoms with Crippen molar-refractivity contribution in [3.05, 3.63) is 46.2 Å². The van der Waals surface area contributed by atoms with Crippen molar-refractivity contribution in [1.29, 1.82) is 0 Å². The molecule has 0 radical (unpaired) electrons. The Morgan fingerprint density at radius 2 is 1.42 bits per heavy atom. The van der Waals surface area contributed by atoms with Crippen molar-refractivity contribution >= 4 is 85.6 Å². The second kappa shape index (κ2) is 18.7. The number of alkyl carbamates (subject to hydrolysis) is 1. The molecule has 0 aromatic heterocycles. The van der Waals surface area contributed by atoms with Gasteiger partial charge in [0, 0.05) is 61.1 Å². The Morgan fingerprint density at radius 3 is 1.96 bits per heavy atom. The van der Waals surface area contributed by atoms with Crippen LogP contribution in [0, 0.1) is 5.92 Å². The van der Waals surface area contributed by atoms with Crippen LogP contribution in [0.1, 0.15) is 54.9 Å². The van der Waals surface area contributed by atoms with E-state index in [9.17, 15) is 37.2 Å². The van der Waals surface area contributed by atoms with Crippen molar-refractivity contribution in [2.75, 3.05) is 50.7 Å². The highest BCUT2D eigenvalue weighted by molar-refractivity contribution is 8.08. The van der Waals surface area contributed by atoms with Crippen LogP contribution >= 0.6 is 23.5 Å². The number of nitrogens with one attached hydrogen (secondary N) is 2. The average Bonchev–Trinajstić information content (AvgIpc) is 3.28. The summed E-state index contributed by atoms with van der Waals surface area (Å²) in [4.78, 5) is 80.7. The first-order valence-corrected chi connectivity index (χ1v) is 20.8. The minimum absolute atomic E-state index is 0.0185. The monoisotopic (exact) mass is 822 g/mol. The Bertz CT molecular complexity index is 1950. The number of carbonyl (C=O) groups is 6. The number of anilines is 1. The molecule has 15 nitrogen and oxygen atoms in total. The number of ketones is 1. The zero-order valence-corrected chi connectivity index (χ0v) is 35.2. The minimum atomic E-state index is -4.12. The van der Waals surface area contributed by atoms with Crippen LogP contribution < -0.4 is 14.9 Å². The lowest BCUT2D eigenvalue weighted by Gasteiger charge is -2.22. The molecule has 0 saturated carbocycles. The van der Waals surface area contributed by atoms with Gasteiger partial charge in [-0.1, -0.05) is 24.3 Å². The number of benzene rings is 2. The molecule has 2 N–H and O–H groups in total. The van der Waals surface area contributed by atoms with Gasteiger partial charge in [0.1, 0.15) is 23.0 Å². The normalized spacial score (nSPS) is 14.8. The molecule has 2 atom stereocenters. The van der Waals surface area contributed by atoms with Crippen LogP contribution in [0.5, 0.6) is 0 Å². The maximum Gasteiger partial charge on any atom is 0.408 e. The van der Waals surface area contributed by atoms with Gasteiger partial charge >= 0.3 is 18.0 Å². The van der Waals surface area contributed by atoms with Crippen LogP contribution in [0.3, 0.4) is 0 Å². The molecule has 302 valence electrons. The number of Topliss-reactive ketones (excluding diaryl/α,β-unsaturated/α-hetero) is 1. The Morgan fingerprint density at radius 1 is 0.855 bits per heavy atom. The summed E-state index contributed by atoms with van der Waals surface area (Å²) in [5.74, 6) is -4.51. The summed E-state index contributed by atoms with van der Waals surface area (Å²) in [5.41, 5.74) is -0.854. The molecule has 0 unspecified atom stereocenters. The lowest BCUT2D eigenvalue weighted by atomic mass is 10.0. The molecule has 0 bridgehead atoms. The number of fused-ring (bicyclic) bond motifs is 1. The highest BCUT2D eigenvalue weighted by Crippen LogP contribution is 2.38. The molecule has 1 aliphatic rings. The number of ether oxygens (including phenoxy) is 3. The fourth-order valence-electron chi connectivity index (χ4n) is 5.26. The Kier molecular flexibility index (Phi) is 15.4. The van der Waals surface area contributed by atoms with E-state index in [1.807, 2.05) is 31.1 Å². The lowest BCUT2D eigenvalue weighted by Crippen LogP contribution is -2.45. The third-order valence-electron chi connectivity index (χ3n) is 7.75. The highest BCUT2D eigenvalue weighted by Gasteiger charge is 2.40. The van der Waals surface area contributed by atoms with Gasteiger partial charge in [0.05, 0.1) is 28.2 Å². The summed E-state index contributed by atoms with van der Waals surface area (Å²) in [6, 6.07) is 8.92. The van der Waals surface area contributed by atoms with Crippen molar-refractivity contribution in [2.24, 2.45) is 5.92 Å². The number of hydrogen-bond donors (Lipinski definition) is 2. The molecule has 0 spiro atoms. The summed E-state index contributed by atoms with van der Waals surface area (Å²) in [5, 5.41) is 3.63. The van der Waals surface area contributed by atoms with Crippen molar-refractivity contribution in [1.82, 2.24) is 14.9 Å². The molecule has 1 heterocycles. The van der Waals surface area contributed by atoms with Crippen LogP contribution in [0.25, 0.3) is 10.8 Å². The summed E-state index contributed by atoms with van der Waals surface area (Å²) < 4.78 is 45.1. The number of esters is 2. The van der Waals surface area contributed by atoms with E-state index in [4.69, 9.17) is 14.2 Å². The fourth-order valence-corrected chi connectivity index (χ4v) is 9.03. The summed E-state index contributed by atoms with van der Waals surface area (Å²) in [7, 11) is 0.692. The highest BCUT2D eigenvalue weighted by atomic mass is 32.2. The molecular weight excluding hydrogens is 773 g/mol. The smallest absolute Gasteiger partial charge is 0.408 e. The second-order valence-electron chi connectivity index (χ2n) is 14.8. The van der Waals surface area contributed by atoms with Crippen molar-refractivity contribution in [3.63, 3.8) is 0 Å². The summed E-state index contributed by atoms with van der Waals surface area (Å²) >= 11 is 1.68. The van der Waals surface area contributed by atoms with E-state index in [0.717, 1.165) is 46.6 Å². The Labute approximate surface area is 330 Å². The van der Waals surface area contributed by atoms with Gasteiger partial charge in [0.25, 0.3) is 11.8 Å². The quantitative estimate of drug-likeness (QED) is 0.131. The number of carbonyl (C=O) groups excluding carboxylic acids is 6. The predicted molar refractivity (Wildman–Crippen MR) is 212 cm³/mol.